The average Bonchev–Trinajstić information content (AvgIpc) is 3.32. The molecule has 0 saturated carbocycles. The van der Waals surface area contributed by atoms with Crippen LogP contribution in [0.2, 0.25) is 0 Å². The van der Waals surface area contributed by atoms with Crippen molar-refractivity contribution in [2.45, 2.75) is 0 Å². The molecule has 0 bridgehead atoms. The fraction of sp³-hybridized carbons (Fsp3) is 0. The molecule has 0 fully saturated rings. The number of para-hydroxylation sites is 1. The van der Waals surface area contributed by atoms with Crippen LogP contribution in [0.1, 0.15) is 20.0 Å². The molecule has 27 heavy (non-hydrogen) atoms. The molecule has 2 aromatic carbocycles. The van der Waals surface area contributed by atoms with Gasteiger partial charge in [-0.3, -0.25) is 20.4 Å². The van der Waals surface area contributed by atoms with E-state index < -0.39 is 11.8 Å². The molecule has 3 N–H and O–H groups in total. The van der Waals surface area contributed by atoms with Gasteiger partial charge in [0.25, 0.3) is 11.8 Å². The number of hydrazine groups is 1. The fourth-order valence-corrected chi connectivity index (χ4v) is 4.37. The summed E-state index contributed by atoms with van der Waals surface area (Å²) in [6.45, 7) is 0. The number of hydrogen-bond acceptors (Lipinski definition) is 6. The first-order valence-corrected chi connectivity index (χ1v) is 9.59. The number of thiophene rings is 1. The minimum Gasteiger partial charge on any atom is -0.508 e. The smallest absolute Gasteiger partial charge is 0.279 e. The highest BCUT2D eigenvalue weighted by molar-refractivity contribution is 7.26. The minimum atomic E-state index is -0.512. The Bertz CT molecular complexity index is 1120. The summed E-state index contributed by atoms with van der Waals surface area (Å²) in [4.78, 5) is 30.2. The van der Waals surface area contributed by atoms with Crippen LogP contribution in [0.3, 0.4) is 0 Å². The number of hydrogen-bond donors (Lipinski definition) is 3. The first-order valence-electron chi connectivity index (χ1n) is 7.95. The Hall–Kier alpha value is -3.23. The van der Waals surface area contributed by atoms with Crippen LogP contribution in [0.5, 0.6) is 5.75 Å². The third kappa shape index (κ3) is 3.67. The minimum absolute atomic E-state index is 0.0206. The van der Waals surface area contributed by atoms with E-state index in [1.54, 1.807) is 23.5 Å². The van der Waals surface area contributed by atoms with E-state index >= 15 is 0 Å². The Morgan fingerprint density at radius 1 is 0.889 bits per heavy atom. The number of aromatic nitrogens is 1. The summed E-state index contributed by atoms with van der Waals surface area (Å²) in [5.41, 5.74) is 5.89. The molecule has 134 valence electrons. The lowest BCUT2D eigenvalue weighted by Crippen LogP contribution is -2.41. The highest BCUT2D eigenvalue weighted by Gasteiger charge is 2.14. The van der Waals surface area contributed by atoms with Gasteiger partial charge in [-0.1, -0.05) is 18.2 Å². The second-order valence-corrected chi connectivity index (χ2v) is 7.72. The van der Waals surface area contributed by atoms with Crippen molar-refractivity contribution in [3.05, 3.63) is 71.1 Å². The summed E-state index contributed by atoms with van der Waals surface area (Å²) in [5, 5.41) is 10.3. The fourth-order valence-electron chi connectivity index (χ4n) is 2.45. The third-order valence-electron chi connectivity index (χ3n) is 3.73. The number of nitrogens with zero attached hydrogens (tertiary/aromatic N) is 1. The van der Waals surface area contributed by atoms with Gasteiger partial charge in [-0.05, 0) is 42.5 Å². The van der Waals surface area contributed by atoms with Crippen LogP contribution in [0.4, 0.5) is 0 Å². The zero-order valence-corrected chi connectivity index (χ0v) is 15.4. The standard InChI is InChI=1S/C19H13N3O3S2/c23-12-5-3-4-11(10-12)17(24)21-22-18(25)15-8-9-16(26-15)19-20-13-6-1-2-7-14(13)27-19/h1-10,23H,(H,21,24)(H,22,25). The van der Waals surface area contributed by atoms with Crippen molar-refractivity contribution in [3.8, 4) is 15.6 Å². The molecule has 2 heterocycles. The van der Waals surface area contributed by atoms with Gasteiger partial charge in [-0.2, -0.15) is 0 Å². The topological polar surface area (TPSA) is 91.3 Å². The molecule has 0 aliphatic rings. The highest BCUT2D eigenvalue weighted by atomic mass is 32.1. The van der Waals surface area contributed by atoms with Crippen LogP contribution < -0.4 is 10.9 Å². The number of carbonyl (C=O) groups excluding carboxylic acids is 2. The van der Waals surface area contributed by atoms with Crippen LogP contribution >= 0.6 is 22.7 Å². The number of amides is 2. The number of aromatic hydroxyl groups is 1. The summed E-state index contributed by atoms with van der Waals surface area (Å²) in [7, 11) is 0. The van der Waals surface area contributed by atoms with Crippen molar-refractivity contribution in [3.63, 3.8) is 0 Å². The molecule has 2 aromatic heterocycles. The molecule has 0 aliphatic heterocycles. The van der Waals surface area contributed by atoms with E-state index in [-0.39, 0.29) is 11.3 Å². The SMILES string of the molecule is O=C(NNC(=O)c1ccc(-c2nc3ccccc3s2)s1)c1cccc(O)c1. The summed E-state index contributed by atoms with van der Waals surface area (Å²) in [5.74, 6) is -0.948. The maximum Gasteiger partial charge on any atom is 0.279 e. The molecule has 4 rings (SSSR count). The second-order valence-electron chi connectivity index (χ2n) is 5.61. The normalized spacial score (nSPS) is 10.7. The number of fused-ring (bicyclic) bond motifs is 1. The molecule has 0 aliphatic carbocycles. The lowest BCUT2D eigenvalue weighted by atomic mass is 10.2. The number of nitrogens with one attached hydrogen (secondary N) is 2. The summed E-state index contributed by atoms with van der Waals surface area (Å²) >= 11 is 2.87. The number of phenolic OH excluding ortho intramolecular Hbond substituents is 1. The molecule has 2 amide bonds. The lowest BCUT2D eigenvalue weighted by Gasteiger charge is -2.06. The molecular weight excluding hydrogens is 382 g/mol. The van der Waals surface area contributed by atoms with Crippen molar-refractivity contribution in [2.75, 3.05) is 0 Å². The maximum absolute atomic E-state index is 12.3. The van der Waals surface area contributed by atoms with Crippen molar-refractivity contribution in [1.29, 1.82) is 0 Å². The Morgan fingerprint density at radius 3 is 2.52 bits per heavy atom. The first kappa shape index (κ1) is 17.2. The van der Waals surface area contributed by atoms with E-state index in [0.717, 1.165) is 20.1 Å². The van der Waals surface area contributed by atoms with Gasteiger partial charge in [0, 0.05) is 5.56 Å². The summed E-state index contributed by atoms with van der Waals surface area (Å²) in [6.07, 6.45) is 0. The van der Waals surface area contributed by atoms with Gasteiger partial charge in [0.05, 0.1) is 20.0 Å². The Balaban J connectivity index is 1.45. The van der Waals surface area contributed by atoms with E-state index in [1.165, 1.54) is 29.5 Å². The zero-order valence-electron chi connectivity index (χ0n) is 13.8. The number of phenols is 1. The number of rotatable bonds is 3. The molecule has 0 saturated heterocycles. The van der Waals surface area contributed by atoms with Crippen molar-refractivity contribution in [1.82, 2.24) is 15.8 Å². The predicted molar refractivity (Wildman–Crippen MR) is 106 cm³/mol. The summed E-state index contributed by atoms with van der Waals surface area (Å²) < 4.78 is 1.09. The van der Waals surface area contributed by atoms with Gasteiger partial charge in [-0.15, -0.1) is 22.7 Å². The molecular formula is C19H13N3O3S2. The summed E-state index contributed by atoms with van der Waals surface area (Å²) in [6, 6.07) is 17.3. The van der Waals surface area contributed by atoms with E-state index in [4.69, 9.17) is 0 Å². The molecule has 0 radical (unpaired) electrons. The van der Waals surface area contributed by atoms with E-state index in [9.17, 15) is 14.7 Å². The Kier molecular flexibility index (Phi) is 4.57. The van der Waals surface area contributed by atoms with Gasteiger partial charge in [0.15, 0.2) is 0 Å². The van der Waals surface area contributed by atoms with E-state index in [2.05, 4.69) is 15.8 Å². The zero-order chi connectivity index (χ0) is 18.8. The molecule has 0 spiro atoms. The van der Waals surface area contributed by atoms with Crippen LogP contribution in [-0.2, 0) is 0 Å². The Labute approximate surface area is 162 Å². The molecule has 0 unspecified atom stereocenters. The van der Waals surface area contributed by atoms with Crippen molar-refractivity contribution < 1.29 is 14.7 Å². The number of carbonyl (C=O) groups is 2. The monoisotopic (exact) mass is 395 g/mol. The Morgan fingerprint density at radius 2 is 1.70 bits per heavy atom. The average molecular weight is 395 g/mol. The highest BCUT2D eigenvalue weighted by Crippen LogP contribution is 2.34. The van der Waals surface area contributed by atoms with Crippen LogP contribution in [-0.4, -0.2) is 21.9 Å². The van der Waals surface area contributed by atoms with E-state index in [1.807, 2.05) is 30.3 Å². The van der Waals surface area contributed by atoms with Gasteiger partial charge in [0.1, 0.15) is 10.8 Å². The predicted octanol–water partition coefficient (Wildman–Crippen LogP) is 3.81. The van der Waals surface area contributed by atoms with Gasteiger partial charge >= 0.3 is 0 Å². The van der Waals surface area contributed by atoms with Crippen LogP contribution in [0.15, 0.2) is 60.7 Å². The second kappa shape index (κ2) is 7.18. The van der Waals surface area contributed by atoms with Crippen molar-refractivity contribution in [2.24, 2.45) is 0 Å². The molecule has 8 heteroatoms. The maximum atomic E-state index is 12.3. The molecule has 6 nitrogen and oxygen atoms in total. The largest absolute Gasteiger partial charge is 0.508 e. The molecule has 0 atom stereocenters. The van der Waals surface area contributed by atoms with Gasteiger partial charge in [-0.25, -0.2) is 4.98 Å². The van der Waals surface area contributed by atoms with Gasteiger partial charge < -0.3 is 5.11 Å². The van der Waals surface area contributed by atoms with E-state index in [0.29, 0.717) is 4.88 Å². The third-order valence-corrected chi connectivity index (χ3v) is 6.02. The van der Waals surface area contributed by atoms with Crippen molar-refractivity contribution >= 4 is 44.7 Å². The lowest BCUT2D eigenvalue weighted by molar-refractivity contribution is 0.0849. The van der Waals surface area contributed by atoms with Crippen LogP contribution in [0, 0.1) is 0 Å². The quantitative estimate of drug-likeness (QED) is 0.460. The van der Waals surface area contributed by atoms with Crippen LogP contribution in [0.25, 0.3) is 20.1 Å². The molecule has 4 aromatic rings. The first-order chi connectivity index (χ1) is 13.1. The van der Waals surface area contributed by atoms with Gasteiger partial charge in [0.2, 0.25) is 0 Å². The number of benzene rings is 2. The number of thiazole rings is 1.